The number of aryl methyl sites for hydroxylation is 2. The van der Waals surface area contributed by atoms with Crippen molar-refractivity contribution >= 4 is 23.2 Å². The van der Waals surface area contributed by atoms with E-state index in [1.807, 2.05) is 18.5 Å². The predicted molar refractivity (Wildman–Crippen MR) is 81.2 cm³/mol. The highest BCUT2D eigenvalue weighted by Gasteiger charge is 2.18. The topological polar surface area (TPSA) is 17.8 Å². The zero-order valence-electron chi connectivity index (χ0n) is 11.5. The molecule has 1 aromatic heterocycles. The number of alkyl halides is 1. The molecule has 2 nitrogen and oxygen atoms in total. The summed E-state index contributed by atoms with van der Waals surface area (Å²) in [4.78, 5) is 0. The Morgan fingerprint density at radius 3 is 2.50 bits per heavy atom. The second-order valence-electron chi connectivity index (χ2n) is 4.77. The molecule has 2 aromatic rings. The molecular formula is C15H17Cl2FN2. The third kappa shape index (κ3) is 3.15. The first-order valence-electron chi connectivity index (χ1n) is 6.60. The molecule has 0 aliphatic carbocycles. The lowest BCUT2D eigenvalue weighted by atomic mass is 9.96. The van der Waals surface area contributed by atoms with Crippen molar-refractivity contribution in [2.75, 3.05) is 5.88 Å². The third-order valence-electron chi connectivity index (χ3n) is 3.42. The van der Waals surface area contributed by atoms with Gasteiger partial charge in [-0.1, -0.05) is 23.7 Å². The van der Waals surface area contributed by atoms with Crippen molar-refractivity contribution in [3.05, 3.63) is 52.1 Å². The zero-order chi connectivity index (χ0) is 14.7. The van der Waals surface area contributed by atoms with Crippen LogP contribution in [0.5, 0.6) is 0 Å². The van der Waals surface area contributed by atoms with Crippen molar-refractivity contribution in [1.29, 1.82) is 0 Å². The third-order valence-corrected chi connectivity index (χ3v) is 4.28. The first kappa shape index (κ1) is 15.3. The van der Waals surface area contributed by atoms with Crippen LogP contribution in [-0.4, -0.2) is 15.7 Å². The summed E-state index contributed by atoms with van der Waals surface area (Å²) in [6.45, 7) is 4.69. The fourth-order valence-electron chi connectivity index (χ4n) is 2.29. The van der Waals surface area contributed by atoms with E-state index in [2.05, 4.69) is 5.10 Å². The summed E-state index contributed by atoms with van der Waals surface area (Å²) in [5.74, 6) is 0.307. The molecule has 5 heteroatoms. The van der Waals surface area contributed by atoms with E-state index in [1.54, 1.807) is 12.1 Å². The van der Waals surface area contributed by atoms with Crippen LogP contribution in [0.3, 0.4) is 0 Å². The fraction of sp³-hybridized carbons (Fsp3) is 0.400. The summed E-state index contributed by atoms with van der Waals surface area (Å²) in [7, 11) is 0. The number of benzene rings is 1. The second-order valence-corrected chi connectivity index (χ2v) is 5.46. The van der Waals surface area contributed by atoms with Gasteiger partial charge in [0, 0.05) is 18.3 Å². The normalized spacial score (nSPS) is 12.7. The van der Waals surface area contributed by atoms with Crippen LogP contribution in [0, 0.1) is 12.7 Å². The van der Waals surface area contributed by atoms with E-state index in [-0.39, 0.29) is 11.7 Å². The molecule has 0 radical (unpaired) electrons. The van der Waals surface area contributed by atoms with E-state index in [1.165, 1.54) is 12.1 Å². The van der Waals surface area contributed by atoms with Crippen molar-refractivity contribution in [2.24, 2.45) is 0 Å². The van der Waals surface area contributed by atoms with Crippen LogP contribution in [0.15, 0.2) is 24.3 Å². The van der Waals surface area contributed by atoms with Gasteiger partial charge in [0.25, 0.3) is 0 Å². The van der Waals surface area contributed by atoms with Crippen molar-refractivity contribution in [3.63, 3.8) is 0 Å². The van der Waals surface area contributed by atoms with Gasteiger partial charge in [-0.15, -0.1) is 11.6 Å². The minimum absolute atomic E-state index is 0.0937. The number of halogens is 3. The highest BCUT2D eigenvalue weighted by molar-refractivity contribution is 6.31. The molecule has 1 unspecified atom stereocenters. The van der Waals surface area contributed by atoms with Crippen LogP contribution in [-0.2, 0) is 13.0 Å². The van der Waals surface area contributed by atoms with Gasteiger partial charge in [0.15, 0.2) is 0 Å². The standard InChI is InChI=1S/C15H17Cl2FN2/c1-3-20-14(15(17)10(2)19-20)8-12(9-16)11-4-6-13(18)7-5-11/h4-7,12H,3,8-9H2,1-2H3. The van der Waals surface area contributed by atoms with Gasteiger partial charge in [0.2, 0.25) is 0 Å². The second kappa shape index (κ2) is 6.59. The molecule has 1 heterocycles. The number of nitrogens with zero attached hydrogens (tertiary/aromatic N) is 2. The number of aromatic nitrogens is 2. The van der Waals surface area contributed by atoms with Crippen LogP contribution in [0.25, 0.3) is 0 Å². The van der Waals surface area contributed by atoms with Crippen molar-refractivity contribution in [1.82, 2.24) is 9.78 Å². The first-order chi connectivity index (χ1) is 9.56. The smallest absolute Gasteiger partial charge is 0.123 e. The summed E-state index contributed by atoms with van der Waals surface area (Å²) in [6.07, 6.45) is 0.697. The van der Waals surface area contributed by atoms with E-state index in [9.17, 15) is 4.39 Å². The summed E-state index contributed by atoms with van der Waals surface area (Å²) >= 11 is 12.4. The Morgan fingerprint density at radius 1 is 1.30 bits per heavy atom. The molecule has 0 spiro atoms. The number of rotatable bonds is 5. The van der Waals surface area contributed by atoms with Crippen molar-refractivity contribution in [2.45, 2.75) is 32.7 Å². The average molecular weight is 315 g/mol. The van der Waals surface area contributed by atoms with Crippen LogP contribution in [0.2, 0.25) is 5.02 Å². The maximum absolute atomic E-state index is 13.0. The molecule has 0 amide bonds. The Balaban J connectivity index is 2.28. The van der Waals surface area contributed by atoms with Crippen LogP contribution in [0.4, 0.5) is 4.39 Å². The molecule has 0 saturated carbocycles. The van der Waals surface area contributed by atoms with Gasteiger partial charge >= 0.3 is 0 Å². The van der Waals surface area contributed by atoms with Gasteiger partial charge < -0.3 is 0 Å². The average Bonchev–Trinajstić information content (AvgIpc) is 2.73. The fourth-order valence-corrected chi connectivity index (χ4v) is 2.79. The minimum Gasteiger partial charge on any atom is -0.268 e. The highest BCUT2D eigenvalue weighted by atomic mass is 35.5. The van der Waals surface area contributed by atoms with Crippen molar-refractivity contribution < 1.29 is 4.39 Å². The monoisotopic (exact) mass is 314 g/mol. The Labute approximate surface area is 128 Å². The summed E-state index contributed by atoms with van der Waals surface area (Å²) < 4.78 is 14.9. The van der Waals surface area contributed by atoms with Crippen molar-refractivity contribution in [3.8, 4) is 0 Å². The van der Waals surface area contributed by atoms with Gasteiger partial charge in [0.1, 0.15) is 5.82 Å². The Kier molecular flexibility index (Phi) is 5.06. The molecule has 1 aromatic carbocycles. The Bertz CT molecular complexity index is 578. The van der Waals surface area contributed by atoms with Gasteiger partial charge in [-0.25, -0.2) is 4.39 Å². The molecule has 108 valence electrons. The SMILES string of the molecule is CCn1nc(C)c(Cl)c1CC(CCl)c1ccc(F)cc1. The van der Waals surface area contributed by atoms with Crippen LogP contribution < -0.4 is 0 Å². The number of hydrogen-bond acceptors (Lipinski definition) is 1. The lowest BCUT2D eigenvalue weighted by molar-refractivity contribution is 0.594. The van der Waals surface area contributed by atoms with Crippen LogP contribution >= 0.6 is 23.2 Å². The lowest BCUT2D eigenvalue weighted by Crippen LogP contribution is -2.10. The maximum Gasteiger partial charge on any atom is 0.123 e. The van der Waals surface area contributed by atoms with Gasteiger partial charge in [-0.05, 0) is 38.0 Å². The largest absolute Gasteiger partial charge is 0.268 e. The summed E-state index contributed by atoms with van der Waals surface area (Å²) in [5.41, 5.74) is 2.83. The maximum atomic E-state index is 13.0. The molecule has 0 aliphatic heterocycles. The molecule has 20 heavy (non-hydrogen) atoms. The highest BCUT2D eigenvalue weighted by Crippen LogP contribution is 2.28. The minimum atomic E-state index is -0.241. The molecular weight excluding hydrogens is 298 g/mol. The molecule has 0 fully saturated rings. The lowest BCUT2D eigenvalue weighted by Gasteiger charge is -2.15. The molecule has 1 atom stereocenters. The molecule has 2 rings (SSSR count). The predicted octanol–water partition coefficient (Wildman–Crippen LogP) is 4.57. The van der Waals surface area contributed by atoms with E-state index in [0.717, 1.165) is 23.5 Å². The molecule has 0 aliphatic rings. The van der Waals surface area contributed by atoms with E-state index in [4.69, 9.17) is 23.2 Å². The van der Waals surface area contributed by atoms with E-state index < -0.39 is 0 Å². The molecule has 0 saturated heterocycles. The molecule has 0 N–H and O–H groups in total. The first-order valence-corrected chi connectivity index (χ1v) is 7.51. The quantitative estimate of drug-likeness (QED) is 0.739. The summed E-state index contributed by atoms with van der Waals surface area (Å²) in [5, 5.41) is 5.10. The van der Waals surface area contributed by atoms with E-state index in [0.29, 0.717) is 17.3 Å². The number of hydrogen-bond donors (Lipinski definition) is 0. The Morgan fingerprint density at radius 2 is 1.95 bits per heavy atom. The molecule has 0 bridgehead atoms. The van der Waals surface area contributed by atoms with Gasteiger partial charge in [-0.3, -0.25) is 4.68 Å². The van der Waals surface area contributed by atoms with Crippen LogP contribution in [0.1, 0.15) is 29.8 Å². The summed E-state index contributed by atoms with van der Waals surface area (Å²) in [6, 6.07) is 6.46. The van der Waals surface area contributed by atoms with Gasteiger partial charge in [-0.2, -0.15) is 5.10 Å². The van der Waals surface area contributed by atoms with Gasteiger partial charge in [0.05, 0.1) is 16.4 Å². The Hall–Kier alpha value is -1.06. The van der Waals surface area contributed by atoms with E-state index >= 15 is 0 Å². The zero-order valence-corrected chi connectivity index (χ0v) is 13.0.